The van der Waals surface area contributed by atoms with Crippen LogP contribution in [0.4, 0.5) is 0 Å². The molecule has 2 aromatic rings. The minimum absolute atomic E-state index is 0.0119. The number of ketones is 1. The van der Waals surface area contributed by atoms with Gasteiger partial charge in [0.15, 0.2) is 5.78 Å². The Morgan fingerprint density at radius 2 is 1.75 bits per heavy atom. The highest BCUT2D eigenvalue weighted by molar-refractivity contribution is 6.06. The minimum Gasteiger partial charge on any atom is -0.289 e. The SMILES string of the molecule is O=C(C=Cc1[c]cccc1)c1ccccc1. The quantitative estimate of drug-likeness (QED) is 0.557. The third-order valence-electron chi connectivity index (χ3n) is 2.21. The van der Waals surface area contributed by atoms with Gasteiger partial charge in [-0.2, -0.15) is 0 Å². The summed E-state index contributed by atoms with van der Waals surface area (Å²) >= 11 is 0. The number of hydrogen-bond acceptors (Lipinski definition) is 1. The molecule has 0 aromatic heterocycles. The summed E-state index contributed by atoms with van der Waals surface area (Å²) in [6, 6.07) is 19.8. The maximum atomic E-state index is 11.7. The summed E-state index contributed by atoms with van der Waals surface area (Å²) < 4.78 is 0. The van der Waals surface area contributed by atoms with E-state index in [0.717, 1.165) is 5.56 Å². The van der Waals surface area contributed by atoms with E-state index < -0.39 is 0 Å². The molecule has 2 rings (SSSR count). The summed E-state index contributed by atoms with van der Waals surface area (Å²) in [5.41, 5.74) is 1.61. The molecule has 0 aliphatic rings. The molecule has 77 valence electrons. The second-order valence-electron chi connectivity index (χ2n) is 3.38. The lowest BCUT2D eigenvalue weighted by Gasteiger charge is -1.94. The first-order valence-electron chi connectivity index (χ1n) is 5.10. The smallest absolute Gasteiger partial charge is 0.185 e. The second-order valence-corrected chi connectivity index (χ2v) is 3.38. The van der Waals surface area contributed by atoms with E-state index in [1.165, 1.54) is 0 Å². The Bertz CT molecular complexity index is 483. The fourth-order valence-corrected chi connectivity index (χ4v) is 1.38. The fraction of sp³-hybridized carbons (Fsp3) is 0. The highest BCUT2D eigenvalue weighted by Gasteiger charge is 1.98. The zero-order valence-corrected chi connectivity index (χ0v) is 8.76. The Labute approximate surface area is 95.1 Å². The van der Waals surface area contributed by atoms with Crippen molar-refractivity contribution in [2.24, 2.45) is 0 Å². The molecule has 0 atom stereocenters. The predicted molar refractivity (Wildman–Crippen MR) is 65.1 cm³/mol. The number of carbonyl (C=O) groups excluding carboxylic acids is 1. The molecule has 0 saturated carbocycles. The number of allylic oxidation sites excluding steroid dienone is 1. The molecule has 0 aliphatic carbocycles. The van der Waals surface area contributed by atoms with Crippen LogP contribution in [0.5, 0.6) is 0 Å². The summed E-state index contributed by atoms with van der Waals surface area (Å²) in [7, 11) is 0. The maximum Gasteiger partial charge on any atom is 0.185 e. The molecule has 0 bridgehead atoms. The Morgan fingerprint density at radius 1 is 1.00 bits per heavy atom. The molecular weight excluding hydrogens is 196 g/mol. The van der Waals surface area contributed by atoms with Crippen LogP contribution in [0.25, 0.3) is 6.08 Å². The summed E-state index contributed by atoms with van der Waals surface area (Å²) in [6.07, 6.45) is 3.34. The van der Waals surface area contributed by atoms with Gasteiger partial charge in [-0.3, -0.25) is 4.79 Å². The largest absolute Gasteiger partial charge is 0.289 e. The number of carbonyl (C=O) groups is 1. The molecule has 0 N–H and O–H groups in total. The van der Waals surface area contributed by atoms with Crippen molar-refractivity contribution in [1.82, 2.24) is 0 Å². The molecular formula is C15H11O. The first-order chi connectivity index (χ1) is 7.86. The van der Waals surface area contributed by atoms with Crippen molar-refractivity contribution < 1.29 is 4.79 Å². The standard InChI is InChI=1S/C15H11O/c16-15(14-9-5-2-6-10-14)12-11-13-7-3-1-4-8-13/h1-7,9-12H. The summed E-state index contributed by atoms with van der Waals surface area (Å²) in [6.45, 7) is 0. The normalized spacial score (nSPS) is 10.5. The van der Waals surface area contributed by atoms with Crippen molar-refractivity contribution in [2.75, 3.05) is 0 Å². The van der Waals surface area contributed by atoms with Gasteiger partial charge in [-0.15, -0.1) is 0 Å². The zero-order chi connectivity index (χ0) is 11.2. The second kappa shape index (κ2) is 5.08. The number of rotatable bonds is 3. The van der Waals surface area contributed by atoms with Crippen molar-refractivity contribution in [3.05, 3.63) is 77.9 Å². The van der Waals surface area contributed by atoms with Gasteiger partial charge >= 0.3 is 0 Å². The zero-order valence-electron chi connectivity index (χ0n) is 8.76. The van der Waals surface area contributed by atoms with Crippen molar-refractivity contribution in [1.29, 1.82) is 0 Å². The van der Waals surface area contributed by atoms with Crippen LogP contribution in [0.2, 0.25) is 0 Å². The predicted octanol–water partition coefficient (Wildman–Crippen LogP) is 3.38. The first-order valence-corrected chi connectivity index (χ1v) is 5.10. The van der Waals surface area contributed by atoms with Crippen molar-refractivity contribution in [2.45, 2.75) is 0 Å². The summed E-state index contributed by atoms with van der Waals surface area (Å²) in [5, 5.41) is 0. The van der Waals surface area contributed by atoms with Gasteiger partial charge in [0.1, 0.15) is 0 Å². The topological polar surface area (TPSA) is 17.1 Å². The van der Waals surface area contributed by atoms with Gasteiger partial charge in [-0.05, 0) is 17.7 Å². The van der Waals surface area contributed by atoms with Crippen LogP contribution in [0, 0.1) is 6.07 Å². The molecule has 0 aliphatic heterocycles. The molecule has 1 heteroatoms. The number of hydrogen-bond donors (Lipinski definition) is 0. The number of benzene rings is 2. The fourth-order valence-electron chi connectivity index (χ4n) is 1.38. The van der Waals surface area contributed by atoms with Crippen LogP contribution in [0.15, 0.2) is 60.7 Å². The lowest BCUT2D eigenvalue weighted by atomic mass is 10.1. The Morgan fingerprint density at radius 3 is 2.44 bits per heavy atom. The third-order valence-corrected chi connectivity index (χ3v) is 2.21. The molecule has 0 amide bonds. The molecule has 0 saturated heterocycles. The average molecular weight is 207 g/mol. The van der Waals surface area contributed by atoms with Crippen LogP contribution in [-0.4, -0.2) is 5.78 Å². The molecule has 0 unspecified atom stereocenters. The molecule has 0 spiro atoms. The first kappa shape index (κ1) is 10.4. The van der Waals surface area contributed by atoms with Crippen LogP contribution in [0.1, 0.15) is 15.9 Å². The average Bonchev–Trinajstić information content (AvgIpc) is 2.38. The van der Waals surface area contributed by atoms with E-state index in [0.29, 0.717) is 5.56 Å². The van der Waals surface area contributed by atoms with Gasteiger partial charge in [0.2, 0.25) is 0 Å². The lowest BCUT2D eigenvalue weighted by Crippen LogP contribution is -1.92. The Hall–Kier alpha value is -2.15. The molecule has 2 aromatic carbocycles. The Kier molecular flexibility index (Phi) is 3.29. The van der Waals surface area contributed by atoms with Gasteiger partial charge in [0.05, 0.1) is 0 Å². The highest BCUT2D eigenvalue weighted by atomic mass is 16.1. The van der Waals surface area contributed by atoms with Gasteiger partial charge in [0.25, 0.3) is 0 Å². The van der Waals surface area contributed by atoms with Gasteiger partial charge in [-0.25, -0.2) is 0 Å². The van der Waals surface area contributed by atoms with E-state index in [9.17, 15) is 4.79 Å². The Balaban J connectivity index is 2.12. The van der Waals surface area contributed by atoms with E-state index in [-0.39, 0.29) is 5.78 Å². The van der Waals surface area contributed by atoms with Crippen LogP contribution >= 0.6 is 0 Å². The van der Waals surface area contributed by atoms with E-state index >= 15 is 0 Å². The minimum atomic E-state index is 0.0119. The van der Waals surface area contributed by atoms with Crippen molar-refractivity contribution in [3.63, 3.8) is 0 Å². The molecule has 16 heavy (non-hydrogen) atoms. The molecule has 0 fully saturated rings. The van der Waals surface area contributed by atoms with E-state index in [1.807, 2.05) is 42.5 Å². The van der Waals surface area contributed by atoms with Gasteiger partial charge in [0, 0.05) is 5.56 Å². The van der Waals surface area contributed by atoms with Gasteiger partial charge < -0.3 is 0 Å². The molecule has 0 heterocycles. The maximum absolute atomic E-state index is 11.7. The van der Waals surface area contributed by atoms with Crippen molar-refractivity contribution >= 4 is 11.9 Å². The van der Waals surface area contributed by atoms with Crippen LogP contribution in [0.3, 0.4) is 0 Å². The monoisotopic (exact) mass is 207 g/mol. The molecule has 1 nitrogen and oxygen atoms in total. The van der Waals surface area contributed by atoms with Crippen molar-refractivity contribution in [3.8, 4) is 0 Å². The lowest BCUT2D eigenvalue weighted by molar-refractivity contribution is 0.104. The van der Waals surface area contributed by atoms with Crippen LogP contribution < -0.4 is 0 Å². The van der Waals surface area contributed by atoms with E-state index in [2.05, 4.69) is 6.07 Å². The highest BCUT2D eigenvalue weighted by Crippen LogP contribution is 2.04. The van der Waals surface area contributed by atoms with E-state index in [1.54, 1.807) is 24.3 Å². The van der Waals surface area contributed by atoms with Crippen LogP contribution in [-0.2, 0) is 0 Å². The third kappa shape index (κ3) is 2.67. The summed E-state index contributed by atoms with van der Waals surface area (Å²) in [5.74, 6) is 0.0119. The summed E-state index contributed by atoms with van der Waals surface area (Å²) in [4.78, 5) is 11.7. The van der Waals surface area contributed by atoms with Gasteiger partial charge in [-0.1, -0.05) is 60.7 Å². The molecule has 1 radical (unpaired) electrons. The van der Waals surface area contributed by atoms with E-state index in [4.69, 9.17) is 0 Å².